The summed E-state index contributed by atoms with van der Waals surface area (Å²) in [5, 5.41) is 14.5. The van der Waals surface area contributed by atoms with Crippen LogP contribution in [0.4, 0.5) is 18.9 Å². The monoisotopic (exact) mass is 326 g/mol. The molecule has 0 spiro atoms. The molecule has 0 aliphatic carbocycles. The third-order valence-electron chi connectivity index (χ3n) is 2.54. The number of aliphatic hydroxyl groups excluding tert-OH is 1. The zero-order valence-corrected chi connectivity index (χ0v) is 12.1. The fourth-order valence-electron chi connectivity index (χ4n) is 1.57. The van der Waals surface area contributed by atoms with Crippen molar-refractivity contribution in [3.8, 4) is 0 Å². The molecule has 21 heavy (non-hydrogen) atoms. The number of anilines is 1. The smallest absolute Gasteiger partial charge is 0.392 e. The number of alkyl halides is 3. The summed E-state index contributed by atoms with van der Waals surface area (Å²) in [5.41, 5.74) is -5.44. The number of hydrogen-bond donors (Lipinski definition) is 3. The minimum absolute atomic E-state index is 0.103. The van der Waals surface area contributed by atoms with Crippen molar-refractivity contribution in [1.29, 1.82) is 0 Å². The van der Waals surface area contributed by atoms with Gasteiger partial charge in [-0.1, -0.05) is 12.1 Å². The molecule has 0 saturated carbocycles. The summed E-state index contributed by atoms with van der Waals surface area (Å²) in [6, 6.07) is 4.86. The van der Waals surface area contributed by atoms with Crippen LogP contribution in [0.15, 0.2) is 29.2 Å². The highest BCUT2D eigenvalue weighted by atomic mass is 32.2. The Balaban J connectivity index is 2.77. The van der Waals surface area contributed by atoms with E-state index in [9.17, 15) is 21.6 Å². The second-order valence-electron chi connectivity index (χ2n) is 4.43. The quantitative estimate of drug-likeness (QED) is 0.660. The van der Waals surface area contributed by atoms with Gasteiger partial charge >= 0.3 is 5.51 Å². The highest BCUT2D eigenvalue weighted by Crippen LogP contribution is 2.33. The Kier molecular flexibility index (Phi) is 5.99. The fourth-order valence-corrected chi connectivity index (χ4v) is 2.51. The molecule has 0 saturated heterocycles. The number of sulfone groups is 1. The molecule has 1 unspecified atom stereocenters. The van der Waals surface area contributed by atoms with Crippen LogP contribution in [0.1, 0.15) is 6.92 Å². The average molecular weight is 326 g/mol. The Labute approximate surface area is 121 Å². The van der Waals surface area contributed by atoms with Gasteiger partial charge in [0.25, 0.3) is 9.84 Å². The first-order valence-corrected chi connectivity index (χ1v) is 7.67. The predicted octanol–water partition coefficient (Wildman–Crippen LogP) is 1.36. The summed E-state index contributed by atoms with van der Waals surface area (Å²) in [5.74, 6) is 0. The molecule has 0 heterocycles. The van der Waals surface area contributed by atoms with Gasteiger partial charge in [0.15, 0.2) is 0 Å². The lowest BCUT2D eigenvalue weighted by Crippen LogP contribution is -2.29. The van der Waals surface area contributed by atoms with E-state index < -0.39 is 26.3 Å². The molecule has 0 bridgehead atoms. The summed E-state index contributed by atoms with van der Waals surface area (Å²) in [6.45, 7) is 2.51. The van der Waals surface area contributed by atoms with Gasteiger partial charge in [0, 0.05) is 19.6 Å². The lowest BCUT2D eigenvalue weighted by molar-refractivity contribution is -0.0435. The maximum atomic E-state index is 12.6. The van der Waals surface area contributed by atoms with E-state index in [0.717, 1.165) is 6.07 Å². The van der Waals surface area contributed by atoms with E-state index >= 15 is 0 Å². The van der Waals surface area contributed by atoms with Crippen LogP contribution < -0.4 is 10.6 Å². The molecule has 0 fully saturated rings. The second kappa shape index (κ2) is 7.10. The third-order valence-corrected chi connectivity index (χ3v) is 4.08. The number of halogens is 3. The lowest BCUT2D eigenvalue weighted by Gasteiger charge is -2.14. The Morgan fingerprint density at radius 3 is 2.43 bits per heavy atom. The van der Waals surface area contributed by atoms with Crippen LogP contribution in [-0.2, 0) is 9.84 Å². The van der Waals surface area contributed by atoms with Gasteiger partial charge in [0.05, 0.1) is 16.7 Å². The summed E-state index contributed by atoms with van der Waals surface area (Å²) in [6.07, 6.45) is -0.539. The number of aliphatic hydroxyl groups is 1. The second-order valence-corrected chi connectivity index (χ2v) is 6.33. The van der Waals surface area contributed by atoms with Crippen molar-refractivity contribution >= 4 is 15.5 Å². The first-order valence-electron chi connectivity index (χ1n) is 6.19. The molecule has 1 aromatic carbocycles. The Morgan fingerprint density at radius 2 is 1.86 bits per heavy atom. The van der Waals surface area contributed by atoms with E-state index in [1.165, 1.54) is 18.2 Å². The molecule has 5 nitrogen and oxygen atoms in total. The highest BCUT2D eigenvalue weighted by Gasteiger charge is 2.47. The molecule has 9 heteroatoms. The van der Waals surface area contributed by atoms with Gasteiger partial charge < -0.3 is 15.7 Å². The molecule has 0 aliphatic rings. The molecule has 120 valence electrons. The van der Waals surface area contributed by atoms with Crippen molar-refractivity contribution in [2.45, 2.75) is 23.4 Å². The number of rotatable bonds is 7. The van der Waals surface area contributed by atoms with Crippen LogP contribution in [0.25, 0.3) is 0 Å². The largest absolute Gasteiger partial charge is 0.501 e. The summed E-state index contributed by atoms with van der Waals surface area (Å²) in [7, 11) is -5.39. The van der Waals surface area contributed by atoms with Crippen molar-refractivity contribution in [3.63, 3.8) is 0 Å². The van der Waals surface area contributed by atoms with Crippen LogP contribution in [0.5, 0.6) is 0 Å². The van der Waals surface area contributed by atoms with Crippen LogP contribution in [0.3, 0.4) is 0 Å². The standard InChI is InChI=1S/C12H17F3N2O3S/c1-9(18)8-16-6-7-17-10-4-2-3-5-11(10)21(19,20)12(13,14)15/h2-5,9,16-18H,6-8H2,1H3. The van der Waals surface area contributed by atoms with Crippen molar-refractivity contribution in [3.05, 3.63) is 24.3 Å². The highest BCUT2D eigenvalue weighted by molar-refractivity contribution is 7.92. The van der Waals surface area contributed by atoms with E-state index in [2.05, 4.69) is 10.6 Å². The molecule has 0 aliphatic heterocycles. The van der Waals surface area contributed by atoms with Gasteiger partial charge in [0.1, 0.15) is 0 Å². The number of hydrogen-bond acceptors (Lipinski definition) is 5. The Bertz CT molecular complexity index is 559. The topological polar surface area (TPSA) is 78.4 Å². The van der Waals surface area contributed by atoms with E-state index in [0.29, 0.717) is 13.1 Å². The van der Waals surface area contributed by atoms with Gasteiger partial charge in [-0.25, -0.2) is 8.42 Å². The SMILES string of the molecule is CC(O)CNCCNc1ccccc1S(=O)(=O)C(F)(F)F. The molecule has 0 aromatic heterocycles. The van der Waals surface area contributed by atoms with Gasteiger partial charge in [-0.2, -0.15) is 13.2 Å². The third kappa shape index (κ3) is 4.87. The molecule has 1 aromatic rings. The van der Waals surface area contributed by atoms with Gasteiger partial charge in [-0.3, -0.25) is 0 Å². The average Bonchev–Trinajstić information content (AvgIpc) is 2.37. The summed E-state index contributed by atoms with van der Waals surface area (Å²) in [4.78, 5) is -0.798. The summed E-state index contributed by atoms with van der Waals surface area (Å²) < 4.78 is 60.6. The van der Waals surface area contributed by atoms with Crippen molar-refractivity contribution < 1.29 is 26.7 Å². The first-order chi connectivity index (χ1) is 9.66. The van der Waals surface area contributed by atoms with E-state index in [4.69, 9.17) is 5.11 Å². The lowest BCUT2D eigenvalue weighted by atomic mass is 10.3. The van der Waals surface area contributed by atoms with Crippen LogP contribution in [0, 0.1) is 0 Å². The molecule has 3 N–H and O–H groups in total. The van der Waals surface area contributed by atoms with E-state index in [1.54, 1.807) is 6.92 Å². The summed E-state index contributed by atoms with van der Waals surface area (Å²) >= 11 is 0. The van der Waals surface area contributed by atoms with Crippen molar-refractivity contribution in [2.24, 2.45) is 0 Å². The van der Waals surface area contributed by atoms with Crippen LogP contribution >= 0.6 is 0 Å². The molecule has 1 atom stereocenters. The maximum Gasteiger partial charge on any atom is 0.501 e. The molecule has 0 amide bonds. The van der Waals surface area contributed by atoms with Gasteiger partial charge in [-0.15, -0.1) is 0 Å². The zero-order valence-electron chi connectivity index (χ0n) is 11.3. The minimum Gasteiger partial charge on any atom is -0.392 e. The fraction of sp³-hybridized carbons (Fsp3) is 0.500. The minimum atomic E-state index is -5.39. The number of para-hydroxylation sites is 1. The molecular formula is C12H17F3N2O3S. The molecule has 0 radical (unpaired) electrons. The van der Waals surface area contributed by atoms with Crippen molar-refractivity contribution in [1.82, 2.24) is 5.32 Å². The normalized spacial score (nSPS) is 14.0. The Morgan fingerprint density at radius 1 is 1.24 bits per heavy atom. The molecule has 1 rings (SSSR count). The number of benzene rings is 1. The van der Waals surface area contributed by atoms with E-state index in [1.807, 2.05) is 0 Å². The molecular weight excluding hydrogens is 309 g/mol. The zero-order chi connectivity index (χ0) is 16.1. The number of nitrogens with one attached hydrogen (secondary N) is 2. The van der Waals surface area contributed by atoms with Crippen LogP contribution in [-0.4, -0.2) is 44.8 Å². The van der Waals surface area contributed by atoms with Crippen LogP contribution in [0.2, 0.25) is 0 Å². The first kappa shape index (κ1) is 17.7. The maximum absolute atomic E-state index is 12.6. The van der Waals surface area contributed by atoms with Crippen molar-refractivity contribution in [2.75, 3.05) is 25.0 Å². The van der Waals surface area contributed by atoms with Gasteiger partial charge in [-0.05, 0) is 19.1 Å². The Hall–Kier alpha value is -1.32. The predicted molar refractivity (Wildman–Crippen MR) is 72.7 cm³/mol. The van der Waals surface area contributed by atoms with Gasteiger partial charge in [0.2, 0.25) is 0 Å². The van der Waals surface area contributed by atoms with E-state index in [-0.39, 0.29) is 12.2 Å².